The van der Waals surface area contributed by atoms with Crippen molar-refractivity contribution in [1.29, 1.82) is 0 Å². The molecule has 2 aromatic rings. The van der Waals surface area contributed by atoms with E-state index >= 15 is 0 Å². The number of allylic oxidation sites excluding steroid dienone is 1. The SMILES string of the molecule is COc1ccc(/C(C)=C/C(=O)NCCS(=O)(=O)Nc2ccccc2)cc1. The van der Waals surface area contributed by atoms with E-state index in [0.717, 1.165) is 16.9 Å². The summed E-state index contributed by atoms with van der Waals surface area (Å²) in [6.45, 7) is 1.84. The Morgan fingerprint density at radius 2 is 1.73 bits per heavy atom. The highest BCUT2D eigenvalue weighted by Gasteiger charge is 2.10. The van der Waals surface area contributed by atoms with Crippen molar-refractivity contribution in [3.05, 3.63) is 66.2 Å². The van der Waals surface area contributed by atoms with Crippen LogP contribution >= 0.6 is 0 Å². The lowest BCUT2D eigenvalue weighted by atomic mass is 10.1. The normalized spacial score (nSPS) is 11.7. The molecule has 0 aliphatic rings. The average molecular weight is 374 g/mol. The predicted octanol–water partition coefficient (Wildman–Crippen LogP) is 2.66. The van der Waals surface area contributed by atoms with E-state index in [4.69, 9.17) is 4.74 Å². The van der Waals surface area contributed by atoms with Crippen LogP contribution in [0.15, 0.2) is 60.7 Å². The van der Waals surface area contributed by atoms with Gasteiger partial charge in [0.05, 0.1) is 12.9 Å². The zero-order chi connectivity index (χ0) is 19.0. The molecule has 0 heterocycles. The van der Waals surface area contributed by atoms with Crippen molar-refractivity contribution < 1.29 is 17.9 Å². The number of nitrogens with one attached hydrogen (secondary N) is 2. The second-order valence-electron chi connectivity index (χ2n) is 5.63. The number of carbonyl (C=O) groups excluding carboxylic acids is 1. The number of ether oxygens (including phenoxy) is 1. The van der Waals surface area contributed by atoms with Crippen LogP contribution in [0.5, 0.6) is 5.75 Å². The lowest BCUT2D eigenvalue weighted by Crippen LogP contribution is -2.30. The fourth-order valence-corrected chi connectivity index (χ4v) is 3.20. The molecule has 0 spiro atoms. The van der Waals surface area contributed by atoms with Gasteiger partial charge < -0.3 is 10.1 Å². The van der Waals surface area contributed by atoms with Crippen LogP contribution in [0, 0.1) is 0 Å². The first-order chi connectivity index (χ1) is 12.4. The molecule has 138 valence electrons. The minimum Gasteiger partial charge on any atom is -0.497 e. The Balaban J connectivity index is 1.85. The van der Waals surface area contributed by atoms with E-state index < -0.39 is 10.0 Å². The van der Waals surface area contributed by atoms with Gasteiger partial charge in [0.15, 0.2) is 0 Å². The standard InChI is InChI=1S/C19H22N2O4S/c1-15(16-8-10-18(25-2)11-9-16)14-19(22)20-12-13-26(23,24)21-17-6-4-3-5-7-17/h3-11,14,21H,12-13H2,1-2H3,(H,20,22)/b15-14+. The van der Waals surface area contributed by atoms with E-state index in [0.29, 0.717) is 5.69 Å². The number of anilines is 1. The summed E-state index contributed by atoms with van der Waals surface area (Å²) in [5, 5.41) is 2.59. The summed E-state index contributed by atoms with van der Waals surface area (Å²) in [5.74, 6) is 0.193. The first-order valence-electron chi connectivity index (χ1n) is 8.06. The molecule has 1 amide bonds. The average Bonchev–Trinajstić information content (AvgIpc) is 2.62. The Kier molecular flexibility index (Phi) is 6.80. The first-order valence-corrected chi connectivity index (χ1v) is 9.71. The molecule has 0 radical (unpaired) electrons. The Hall–Kier alpha value is -2.80. The van der Waals surface area contributed by atoms with E-state index in [9.17, 15) is 13.2 Å². The smallest absolute Gasteiger partial charge is 0.244 e. The third-order valence-corrected chi connectivity index (χ3v) is 4.90. The molecular weight excluding hydrogens is 352 g/mol. The van der Waals surface area contributed by atoms with Crippen molar-refractivity contribution in [2.24, 2.45) is 0 Å². The maximum Gasteiger partial charge on any atom is 0.244 e. The maximum atomic E-state index is 12.0. The monoisotopic (exact) mass is 374 g/mol. The van der Waals surface area contributed by atoms with Crippen molar-refractivity contribution in [3.8, 4) is 5.75 Å². The molecule has 0 saturated carbocycles. The lowest BCUT2D eigenvalue weighted by molar-refractivity contribution is -0.116. The van der Waals surface area contributed by atoms with Crippen LogP contribution in [0.4, 0.5) is 5.69 Å². The van der Waals surface area contributed by atoms with Gasteiger partial charge in [-0.3, -0.25) is 9.52 Å². The maximum absolute atomic E-state index is 12.0. The molecule has 0 aliphatic carbocycles. The zero-order valence-corrected chi connectivity index (χ0v) is 15.5. The molecule has 2 aromatic carbocycles. The number of para-hydroxylation sites is 1. The molecule has 6 nitrogen and oxygen atoms in total. The Labute approximate surface area is 153 Å². The van der Waals surface area contributed by atoms with Crippen molar-refractivity contribution in [3.63, 3.8) is 0 Å². The van der Waals surface area contributed by atoms with Gasteiger partial charge in [-0.1, -0.05) is 30.3 Å². The van der Waals surface area contributed by atoms with Crippen molar-refractivity contribution >= 4 is 27.2 Å². The minimum atomic E-state index is -3.52. The minimum absolute atomic E-state index is 0.0212. The summed E-state index contributed by atoms with van der Waals surface area (Å²) in [7, 11) is -1.93. The lowest BCUT2D eigenvalue weighted by Gasteiger charge is -2.08. The molecule has 0 aromatic heterocycles. The van der Waals surface area contributed by atoms with E-state index in [2.05, 4.69) is 10.0 Å². The molecule has 7 heteroatoms. The highest BCUT2D eigenvalue weighted by Crippen LogP contribution is 2.17. The van der Waals surface area contributed by atoms with E-state index in [1.54, 1.807) is 37.4 Å². The summed E-state index contributed by atoms with van der Waals surface area (Å²) < 4.78 is 31.6. The van der Waals surface area contributed by atoms with Gasteiger partial charge in [-0.15, -0.1) is 0 Å². The number of amides is 1. The van der Waals surface area contributed by atoms with Crippen molar-refractivity contribution in [2.45, 2.75) is 6.92 Å². The summed E-state index contributed by atoms with van der Waals surface area (Å²) in [4.78, 5) is 12.0. The van der Waals surface area contributed by atoms with Crippen molar-refractivity contribution in [2.75, 3.05) is 24.1 Å². The number of hydrogen-bond acceptors (Lipinski definition) is 4. The van der Waals surface area contributed by atoms with E-state index in [1.165, 1.54) is 6.08 Å². The van der Waals surface area contributed by atoms with Crippen LogP contribution in [0.1, 0.15) is 12.5 Å². The van der Waals surface area contributed by atoms with Crippen LogP contribution in [0.2, 0.25) is 0 Å². The van der Waals surface area contributed by atoms with E-state index in [-0.39, 0.29) is 18.2 Å². The fourth-order valence-electron chi connectivity index (χ4n) is 2.23. The summed E-state index contributed by atoms with van der Waals surface area (Å²) in [6.07, 6.45) is 1.44. The van der Waals surface area contributed by atoms with E-state index in [1.807, 2.05) is 31.2 Å². The van der Waals surface area contributed by atoms with Crippen LogP contribution in [-0.4, -0.2) is 33.7 Å². The van der Waals surface area contributed by atoms with Crippen LogP contribution in [0.3, 0.4) is 0 Å². The Morgan fingerprint density at radius 3 is 2.35 bits per heavy atom. The fraction of sp³-hybridized carbons (Fsp3) is 0.211. The number of rotatable bonds is 8. The topological polar surface area (TPSA) is 84.5 Å². The van der Waals surface area contributed by atoms with Gasteiger partial charge in [-0.05, 0) is 42.3 Å². The van der Waals surface area contributed by atoms with Gasteiger partial charge in [0.2, 0.25) is 15.9 Å². The number of hydrogen-bond donors (Lipinski definition) is 2. The molecule has 0 atom stereocenters. The van der Waals surface area contributed by atoms with Gasteiger partial charge in [-0.2, -0.15) is 0 Å². The molecule has 26 heavy (non-hydrogen) atoms. The summed E-state index contributed by atoms with van der Waals surface area (Å²) >= 11 is 0. The van der Waals surface area contributed by atoms with Crippen LogP contribution < -0.4 is 14.8 Å². The van der Waals surface area contributed by atoms with Crippen molar-refractivity contribution in [1.82, 2.24) is 5.32 Å². The third-order valence-electron chi connectivity index (χ3n) is 3.61. The largest absolute Gasteiger partial charge is 0.497 e. The zero-order valence-electron chi connectivity index (χ0n) is 14.7. The van der Waals surface area contributed by atoms with Gasteiger partial charge >= 0.3 is 0 Å². The van der Waals surface area contributed by atoms with Gasteiger partial charge in [0.25, 0.3) is 0 Å². The number of benzene rings is 2. The van der Waals surface area contributed by atoms with Crippen LogP contribution in [-0.2, 0) is 14.8 Å². The van der Waals surface area contributed by atoms with Gasteiger partial charge in [0, 0.05) is 18.3 Å². The second-order valence-corrected chi connectivity index (χ2v) is 7.48. The predicted molar refractivity (Wildman–Crippen MR) is 104 cm³/mol. The Morgan fingerprint density at radius 1 is 1.08 bits per heavy atom. The van der Waals surface area contributed by atoms with Gasteiger partial charge in [-0.25, -0.2) is 8.42 Å². The van der Waals surface area contributed by atoms with Crippen LogP contribution in [0.25, 0.3) is 5.57 Å². The number of sulfonamides is 1. The number of carbonyl (C=O) groups is 1. The summed E-state index contributed by atoms with van der Waals surface area (Å²) in [5.41, 5.74) is 2.16. The molecule has 2 rings (SSSR count). The molecular formula is C19H22N2O4S. The quantitative estimate of drug-likeness (QED) is 0.696. The molecule has 0 bridgehead atoms. The molecule has 0 aliphatic heterocycles. The molecule has 0 saturated heterocycles. The van der Waals surface area contributed by atoms with Gasteiger partial charge in [0.1, 0.15) is 5.75 Å². The Bertz CT molecular complexity index is 860. The molecule has 0 unspecified atom stereocenters. The third kappa shape index (κ3) is 6.25. The first kappa shape index (κ1) is 19.5. The molecule has 0 fully saturated rings. The second kappa shape index (κ2) is 9.05. The highest BCUT2D eigenvalue weighted by atomic mass is 32.2. The molecule has 2 N–H and O–H groups in total. The summed E-state index contributed by atoms with van der Waals surface area (Å²) in [6, 6.07) is 15.9. The highest BCUT2D eigenvalue weighted by molar-refractivity contribution is 7.92. The number of methoxy groups -OCH3 is 1.